The Hall–Kier alpha value is -1.69. The lowest BCUT2D eigenvalue weighted by Crippen LogP contribution is -2.13. The fourth-order valence-corrected chi connectivity index (χ4v) is 1.54. The van der Waals surface area contributed by atoms with Gasteiger partial charge in [0.15, 0.2) is 10.4 Å². The minimum absolute atomic E-state index is 0.0421. The molecule has 0 radical (unpaired) electrons. The molecule has 0 aliphatic heterocycles. The van der Waals surface area contributed by atoms with Crippen LogP contribution in [0.2, 0.25) is 0 Å². The van der Waals surface area contributed by atoms with Gasteiger partial charge in [-0.05, 0) is 40.2 Å². The molecule has 2 aromatic rings. The number of benzene rings is 1. The number of hydrogen-bond donors (Lipinski definition) is 1. The molecule has 0 atom stereocenters. The lowest BCUT2D eigenvalue weighted by atomic mass is 10.3. The van der Waals surface area contributed by atoms with Crippen LogP contribution in [0.15, 0.2) is 39.4 Å². The second-order valence-electron chi connectivity index (χ2n) is 3.15. The molecule has 6 heteroatoms. The van der Waals surface area contributed by atoms with Crippen LogP contribution in [0.5, 0.6) is 0 Å². The minimum atomic E-state index is -0.844. The number of hydrogen-bond acceptors (Lipinski definition) is 2. The molecule has 2 rings (SSSR count). The Balaban J connectivity index is 2.24. The number of para-hydroxylation sites is 1. The molecule has 0 aliphatic carbocycles. The van der Waals surface area contributed by atoms with E-state index in [1.807, 2.05) is 0 Å². The molecule has 88 valence electrons. The molecule has 1 aromatic heterocycles. The van der Waals surface area contributed by atoms with Gasteiger partial charge in [-0.25, -0.2) is 8.78 Å². The van der Waals surface area contributed by atoms with Gasteiger partial charge in [0.05, 0.1) is 0 Å². The maximum atomic E-state index is 13.2. The van der Waals surface area contributed by atoms with Crippen LogP contribution in [0.25, 0.3) is 0 Å². The second kappa shape index (κ2) is 4.67. The largest absolute Gasteiger partial charge is 0.444 e. The van der Waals surface area contributed by atoms with Crippen LogP contribution in [-0.2, 0) is 0 Å². The third-order valence-electron chi connectivity index (χ3n) is 2.00. The van der Waals surface area contributed by atoms with Crippen molar-refractivity contribution in [3.05, 3.63) is 52.4 Å². The maximum Gasteiger partial charge on any atom is 0.291 e. The Morgan fingerprint density at radius 3 is 2.35 bits per heavy atom. The van der Waals surface area contributed by atoms with E-state index in [-0.39, 0.29) is 5.76 Å². The molecule has 17 heavy (non-hydrogen) atoms. The molecular formula is C11H6BrF2NO2. The van der Waals surface area contributed by atoms with E-state index in [0.29, 0.717) is 4.67 Å². The summed E-state index contributed by atoms with van der Waals surface area (Å²) < 4.78 is 31.8. The number of anilines is 1. The second-order valence-corrected chi connectivity index (χ2v) is 3.94. The van der Waals surface area contributed by atoms with E-state index < -0.39 is 23.2 Å². The number of carbonyl (C=O) groups is 1. The van der Waals surface area contributed by atoms with Crippen molar-refractivity contribution in [2.45, 2.75) is 0 Å². The summed E-state index contributed by atoms with van der Waals surface area (Å²) in [5, 5.41) is 2.10. The molecule has 0 saturated carbocycles. The molecule has 0 aliphatic rings. The van der Waals surface area contributed by atoms with Crippen LogP contribution >= 0.6 is 15.9 Å². The van der Waals surface area contributed by atoms with Crippen LogP contribution in [-0.4, -0.2) is 5.91 Å². The van der Waals surface area contributed by atoms with Crippen molar-refractivity contribution in [1.82, 2.24) is 0 Å². The van der Waals surface area contributed by atoms with Crippen molar-refractivity contribution in [1.29, 1.82) is 0 Å². The number of nitrogens with one attached hydrogen (secondary N) is 1. The summed E-state index contributed by atoms with van der Waals surface area (Å²) in [6.45, 7) is 0. The van der Waals surface area contributed by atoms with Gasteiger partial charge in [0.2, 0.25) is 0 Å². The van der Waals surface area contributed by atoms with E-state index in [9.17, 15) is 13.6 Å². The molecule has 3 nitrogen and oxygen atoms in total. The van der Waals surface area contributed by atoms with Crippen LogP contribution in [0.3, 0.4) is 0 Å². The zero-order valence-corrected chi connectivity index (χ0v) is 9.92. The van der Waals surface area contributed by atoms with Crippen molar-refractivity contribution in [3.63, 3.8) is 0 Å². The van der Waals surface area contributed by atoms with Gasteiger partial charge in [0, 0.05) is 0 Å². The number of rotatable bonds is 2. The molecule has 0 saturated heterocycles. The summed E-state index contributed by atoms with van der Waals surface area (Å²) in [6.07, 6.45) is 0. The Kier molecular flexibility index (Phi) is 3.23. The maximum absolute atomic E-state index is 13.2. The Morgan fingerprint density at radius 2 is 1.82 bits per heavy atom. The third kappa shape index (κ3) is 2.52. The van der Waals surface area contributed by atoms with Crippen molar-refractivity contribution >= 4 is 27.5 Å². The first-order valence-electron chi connectivity index (χ1n) is 4.58. The molecule has 1 amide bonds. The normalized spacial score (nSPS) is 10.3. The van der Waals surface area contributed by atoms with Gasteiger partial charge in [-0.15, -0.1) is 0 Å². The van der Waals surface area contributed by atoms with Crippen molar-refractivity contribution in [2.24, 2.45) is 0 Å². The summed E-state index contributed by atoms with van der Waals surface area (Å²) in [5.74, 6) is -2.45. The van der Waals surface area contributed by atoms with Gasteiger partial charge in [-0.2, -0.15) is 0 Å². The van der Waals surface area contributed by atoms with Crippen molar-refractivity contribution in [3.8, 4) is 0 Å². The van der Waals surface area contributed by atoms with Crippen molar-refractivity contribution in [2.75, 3.05) is 5.32 Å². The van der Waals surface area contributed by atoms with Gasteiger partial charge >= 0.3 is 0 Å². The average Bonchev–Trinajstić information content (AvgIpc) is 2.70. The molecule has 1 N–H and O–H groups in total. The van der Waals surface area contributed by atoms with Crippen LogP contribution in [0.4, 0.5) is 14.5 Å². The average molecular weight is 302 g/mol. The minimum Gasteiger partial charge on any atom is -0.444 e. The van der Waals surface area contributed by atoms with Crippen LogP contribution < -0.4 is 5.32 Å². The number of carbonyl (C=O) groups excluding carboxylic acids is 1. The van der Waals surface area contributed by atoms with Gasteiger partial charge in [-0.3, -0.25) is 4.79 Å². The van der Waals surface area contributed by atoms with Gasteiger partial charge < -0.3 is 9.73 Å². The number of amides is 1. The monoisotopic (exact) mass is 301 g/mol. The van der Waals surface area contributed by atoms with E-state index >= 15 is 0 Å². The quantitative estimate of drug-likeness (QED) is 0.921. The molecule has 0 spiro atoms. The van der Waals surface area contributed by atoms with E-state index in [1.165, 1.54) is 18.2 Å². The van der Waals surface area contributed by atoms with E-state index in [2.05, 4.69) is 21.2 Å². The fraction of sp³-hybridized carbons (Fsp3) is 0. The zero-order valence-electron chi connectivity index (χ0n) is 8.34. The molecule has 0 bridgehead atoms. The Morgan fingerprint density at radius 1 is 1.18 bits per heavy atom. The molecule has 1 aromatic carbocycles. The number of halogens is 3. The fourth-order valence-electron chi connectivity index (χ4n) is 1.23. The first-order valence-corrected chi connectivity index (χ1v) is 5.38. The summed E-state index contributed by atoms with van der Waals surface area (Å²) in [7, 11) is 0. The molecular weight excluding hydrogens is 296 g/mol. The molecule has 0 fully saturated rings. The Labute approximate surface area is 104 Å². The number of furan rings is 1. The zero-order chi connectivity index (χ0) is 12.4. The van der Waals surface area contributed by atoms with Gasteiger partial charge in [-0.1, -0.05) is 6.07 Å². The van der Waals surface area contributed by atoms with Gasteiger partial charge in [0.25, 0.3) is 5.91 Å². The standard InChI is InChI=1S/C11H6BrF2NO2/c12-9-5-4-8(17-9)11(16)15-10-6(13)2-1-3-7(10)14/h1-5H,(H,15,16). The third-order valence-corrected chi connectivity index (χ3v) is 2.42. The smallest absolute Gasteiger partial charge is 0.291 e. The van der Waals surface area contributed by atoms with Crippen LogP contribution in [0, 0.1) is 11.6 Å². The highest BCUT2D eigenvalue weighted by Gasteiger charge is 2.15. The summed E-state index contributed by atoms with van der Waals surface area (Å²) in [6, 6.07) is 6.21. The molecule has 1 heterocycles. The van der Waals surface area contributed by atoms with Gasteiger partial charge in [0.1, 0.15) is 17.3 Å². The van der Waals surface area contributed by atoms with Crippen LogP contribution in [0.1, 0.15) is 10.6 Å². The summed E-state index contributed by atoms with van der Waals surface area (Å²) >= 11 is 3.02. The predicted molar refractivity (Wildman–Crippen MR) is 60.7 cm³/mol. The topological polar surface area (TPSA) is 42.2 Å². The highest BCUT2D eigenvalue weighted by molar-refractivity contribution is 9.10. The van der Waals surface area contributed by atoms with E-state index in [4.69, 9.17) is 4.42 Å². The highest BCUT2D eigenvalue weighted by atomic mass is 79.9. The SMILES string of the molecule is O=C(Nc1c(F)cccc1F)c1ccc(Br)o1. The highest BCUT2D eigenvalue weighted by Crippen LogP contribution is 2.20. The van der Waals surface area contributed by atoms with E-state index in [1.54, 1.807) is 0 Å². The molecule has 0 unspecified atom stereocenters. The lowest BCUT2D eigenvalue weighted by molar-refractivity contribution is 0.0994. The lowest BCUT2D eigenvalue weighted by Gasteiger charge is -2.05. The predicted octanol–water partition coefficient (Wildman–Crippen LogP) is 3.57. The Bertz CT molecular complexity index is 548. The van der Waals surface area contributed by atoms with Crippen molar-refractivity contribution < 1.29 is 18.0 Å². The van der Waals surface area contributed by atoms with E-state index in [0.717, 1.165) is 12.1 Å². The first-order chi connectivity index (χ1) is 8.08. The first kappa shape index (κ1) is 11.8. The summed E-state index contributed by atoms with van der Waals surface area (Å²) in [4.78, 5) is 11.6. The summed E-state index contributed by atoms with van der Waals surface area (Å²) in [5.41, 5.74) is -0.495.